The number of anilines is 1. The molecule has 0 fully saturated rings. The molecule has 7 nitrogen and oxygen atoms in total. The average molecular weight is 330 g/mol. The number of nitrogens with one attached hydrogen (secondary N) is 1. The summed E-state index contributed by atoms with van der Waals surface area (Å²) in [6.45, 7) is 3.40. The molecular formula is C12H12ClN3O4S. The highest BCUT2D eigenvalue weighted by Crippen LogP contribution is 2.34. The summed E-state index contributed by atoms with van der Waals surface area (Å²) < 4.78 is 4.98. The number of fused-ring (bicyclic) bond motifs is 1. The summed E-state index contributed by atoms with van der Waals surface area (Å²) in [5, 5.41) is 12.0. The lowest BCUT2D eigenvalue weighted by Gasteiger charge is -2.05. The fourth-order valence-corrected chi connectivity index (χ4v) is 3.09. The van der Waals surface area contributed by atoms with E-state index in [0.717, 1.165) is 11.3 Å². The van der Waals surface area contributed by atoms with Gasteiger partial charge in [0.05, 0.1) is 12.0 Å². The predicted octanol–water partition coefficient (Wildman–Crippen LogP) is 2.33. The smallest absolute Gasteiger partial charge is 0.348 e. The van der Waals surface area contributed by atoms with Crippen LogP contribution in [0.2, 0.25) is 5.28 Å². The molecule has 0 unspecified atom stereocenters. The van der Waals surface area contributed by atoms with Gasteiger partial charge in [0, 0.05) is 0 Å². The maximum atomic E-state index is 11.9. The summed E-state index contributed by atoms with van der Waals surface area (Å²) >= 11 is 6.96. The fraction of sp³-hybridized carbons (Fsp3) is 0.333. The molecule has 2 rings (SSSR count). The summed E-state index contributed by atoms with van der Waals surface area (Å²) in [6, 6.07) is 0. The number of hydrogen-bond donors (Lipinski definition) is 2. The standard InChI is InChI=1S/C12H12ClN3O4S/c1-3-20-11(19)8-5(2)7-9(14-4-6(17)18)15-12(13)16-10(7)21-8/h3-4H2,1-2H3,(H,17,18)(H,14,15,16). The Balaban J connectivity index is 2.53. The molecule has 0 aromatic carbocycles. The molecule has 0 radical (unpaired) electrons. The Morgan fingerprint density at radius 1 is 1.43 bits per heavy atom. The van der Waals surface area contributed by atoms with E-state index in [2.05, 4.69) is 15.3 Å². The number of carboxylic acids is 1. The van der Waals surface area contributed by atoms with Gasteiger partial charge in [0.1, 0.15) is 22.1 Å². The van der Waals surface area contributed by atoms with Crippen molar-refractivity contribution in [1.29, 1.82) is 0 Å². The van der Waals surface area contributed by atoms with Gasteiger partial charge in [0.25, 0.3) is 0 Å². The Morgan fingerprint density at radius 3 is 2.76 bits per heavy atom. The van der Waals surface area contributed by atoms with Crippen molar-refractivity contribution in [2.24, 2.45) is 0 Å². The third-order valence-corrected chi connectivity index (χ3v) is 3.97. The van der Waals surface area contributed by atoms with Gasteiger partial charge in [-0.15, -0.1) is 11.3 Å². The predicted molar refractivity (Wildman–Crippen MR) is 79.2 cm³/mol. The van der Waals surface area contributed by atoms with Crippen LogP contribution in [0.25, 0.3) is 10.2 Å². The van der Waals surface area contributed by atoms with Gasteiger partial charge in [-0.1, -0.05) is 0 Å². The highest BCUT2D eigenvalue weighted by Gasteiger charge is 2.21. The first-order valence-corrected chi connectivity index (χ1v) is 7.22. The first-order chi connectivity index (χ1) is 9.93. The summed E-state index contributed by atoms with van der Waals surface area (Å²) in [5.41, 5.74) is 0.637. The second kappa shape index (κ2) is 6.23. The van der Waals surface area contributed by atoms with Gasteiger partial charge in [0.15, 0.2) is 0 Å². The molecule has 0 aliphatic carbocycles. The summed E-state index contributed by atoms with van der Waals surface area (Å²) in [7, 11) is 0. The van der Waals surface area contributed by atoms with Gasteiger partial charge in [0.2, 0.25) is 5.28 Å². The number of hydrogen-bond acceptors (Lipinski definition) is 7. The maximum absolute atomic E-state index is 11.9. The topological polar surface area (TPSA) is 101 Å². The largest absolute Gasteiger partial charge is 0.480 e. The lowest BCUT2D eigenvalue weighted by molar-refractivity contribution is -0.134. The van der Waals surface area contributed by atoms with E-state index in [4.69, 9.17) is 21.4 Å². The number of carbonyl (C=O) groups excluding carboxylic acids is 1. The van der Waals surface area contributed by atoms with E-state index in [1.807, 2.05) is 0 Å². The molecule has 0 saturated carbocycles. The number of rotatable bonds is 5. The van der Waals surface area contributed by atoms with E-state index in [-0.39, 0.29) is 24.3 Å². The van der Waals surface area contributed by atoms with Gasteiger partial charge < -0.3 is 15.2 Å². The Morgan fingerprint density at radius 2 is 2.14 bits per heavy atom. The minimum Gasteiger partial charge on any atom is -0.480 e. The zero-order chi connectivity index (χ0) is 15.6. The molecule has 0 spiro atoms. The molecule has 0 amide bonds. The molecule has 0 aliphatic rings. The molecule has 0 aliphatic heterocycles. The van der Waals surface area contributed by atoms with Crippen molar-refractivity contribution in [1.82, 2.24) is 9.97 Å². The number of aromatic nitrogens is 2. The third kappa shape index (κ3) is 3.22. The number of aliphatic carboxylic acids is 1. The van der Waals surface area contributed by atoms with Crippen LogP contribution in [0.1, 0.15) is 22.2 Å². The Labute approximate surface area is 128 Å². The van der Waals surface area contributed by atoms with Crippen LogP contribution in [0.5, 0.6) is 0 Å². The number of esters is 1. The van der Waals surface area contributed by atoms with Crippen LogP contribution >= 0.6 is 22.9 Å². The van der Waals surface area contributed by atoms with E-state index >= 15 is 0 Å². The molecule has 2 heterocycles. The number of halogens is 1. The second-order valence-corrected chi connectivity index (χ2v) is 5.38. The van der Waals surface area contributed by atoms with Crippen molar-refractivity contribution >= 4 is 50.9 Å². The van der Waals surface area contributed by atoms with Crippen LogP contribution in [0.15, 0.2) is 0 Å². The monoisotopic (exact) mass is 329 g/mol. The van der Waals surface area contributed by atoms with Crippen LogP contribution < -0.4 is 5.32 Å². The van der Waals surface area contributed by atoms with Crippen molar-refractivity contribution in [3.05, 3.63) is 15.7 Å². The quantitative estimate of drug-likeness (QED) is 0.641. The van der Waals surface area contributed by atoms with Gasteiger partial charge in [-0.2, -0.15) is 0 Å². The van der Waals surface area contributed by atoms with E-state index in [0.29, 0.717) is 20.7 Å². The number of nitrogens with zero attached hydrogens (tertiary/aromatic N) is 2. The van der Waals surface area contributed by atoms with Gasteiger partial charge in [-0.05, 0) is 31.0 Å². The molecule has 21 heavy (non-hydrogen) atoms. The SMILES string of the molecule is CCOC(=O)c1sc2nc(Cl)nc(NCC(=O)O)c2c1C. The minimum atomic E-state index is -1.03. The first-order valence-electron chi connectivity index (χ1n) is 6.03. The normalized spacial score (nSPS) is 10.6. The van der Waals surface area contributed by atoms with E-state index < -0.39 is 11.9 Å². The lowest BCUT2D eigenvalue weighted by atomic mass is 10.2. The first kappa shape index (κ1) is 15.5. The average Bonchev–Trinajstić information content (AvgIpc) is 2.73. The number of ether oxygens (including phenoxy) is 1. The van der Waals surface area contributed by atoms with Crippen LogP contribution in [0, 0.1) is 6.92 Å². The van der Waals surface area contributed by atoms with Crippen molar-refractivity contribution in [3.8, 4) is 0 Å². The molecule has 0 atom stereocenters. The molecule has 2 aromatic heterocycles. The molecule has 2 aromatic rings. The Kier molecular flexibility index (Phi) is 4.59. The maximum Gasteiger partial charge on any atom is 0.348 e. The molecular weight excluding hydrogens is 318 g/mol. The third-order valence-electron chi connectivity index (χ3n) is 2.63. The Bertz CT molecular complexity index is 716. The van der Waals surface area contributed by atoms with Crippen molar-refractivity contribution in [2.45, 2.75) is 13.8 Å². The van der Waals surface area contributed by atoms with E-state index in [1.54, 1.807) is 13.8 Å². The second-order valence-electron chi connectivity index (χ2n) is 4.05. The van der Waals surface area contributed by atoms with E-state index in [1.165, 1.54) is 0 Å². The molecule has 2 N–H and O–H groups in total. The highest BCUT2D eigenvalue weighted by atomic mass is 35.5. The van der Waals surface area contributed by atoms with Crippen LogP contribution in [-0.2, 0) is 9.53 Å². The van der Waals surface area contributed by atoms with Gasteiger partial charge >= 0.3 is 11.9 Å². The van der Waals surface area contributed by atoms with Crippen molar-refractivity contribution < 1.29 is 19.4 Å². The summed E-state index contributed by atoms with van der Waals surface area (Å²) in [4.78, 5) is 31.5. The molecule has 9 heteroatoms. The molecule has 112 valence electrons. The fourth-order valence-electron chi connectivity index (χ4n) is 1.79. The summed E-state index contributed by atoms with van der Waals surface area (Å²) in [6.07, 6.45) is 0. The zero-order valence-electron chi connectivity index (χ0n) is 11.3. The van der Waals surface area contributed by atoms with Crippen LogP contribution in [0.3, 0.4) is 0 Å². The van der Waals surface area contributed by atoms with Gasteiger partial charge in [-0.3, -0.25) is 4.79 Å². The molecule has 0 saturated heterocycles. The van der Waals surface area contributed by atoms with E-state index in [9.17, 15) is 9.59 Å². The number of thiophene rings is 1. The number of carboxylic acid groups (broad SMARTS) is 1. The van der Waals surface area contributed by atoms with Crippen LogP contribution in [0.4, 0.5) is 5.82 Å². The minimum absolute atomic E-state index is 0.0213. The Hall–Kier alpha value is -1.93. The number of aryl methyl sites for hydroxylation is 1. The molecule has 0 bridgehead atoms. The highest BCUT2D eigenvalue weighted by molar-refractivity contribution is 7.20. The zero-order valence-corrected chi connectivity index (χ0v) is 12.8. The van der Waals surface area contributed by atoms with Crippen LogP contribution in [-0.4, -0.2) is 40.2 Å². The van der Waals surface area contributed by atoms with Crippen molar-refractivity contribution in [2.75, 3.05) is 18.5 Å². The summed E-state index contributed by atoms with van der Waals surface area (Å²) in [5.74, 6) is -1.19. The lowest BCUT2D eigenvalue weighted by Crippen LogP contribution is -2.13. The van der Waals surface area contributed by atoms with Crippen molar-refractivity contribution in [3.63, 3.8) is 0 Å². The number of carbonyl (C=O) groups is 2. The van der Waals surface area contributed by atoms with Gasteiger partial charge in [-0.25, -0.2) is 14.8 Å².